The monoisotopic (exact) mass is 182 g/mol. The van der Waals surface area contributed by atoms with Gasteiger partial charge in [0, 0.05) is 25.2 Å². The van der Waals surface area contributed by atoms with Gasteiger partial charge in [-0.15, -0.1) is 0 Å². The summed E-state index contributed by atoms with van der Waals surface area (Å²) < 4.78 is 0. The van der Waals surface area contributed by atoms with Gasteiger partial charge in [-0.25, -0.2) is 0 Å². The molecule has 0 radical (unpaired) electrons. The van der Waals surface area contributed by atoms with Crippen LogP contribution in [-0.2, 0) is 0 Å². The first kappa shape index (κ1) is 9.47. The molecule has 0 aromatic heterocycles. The molecule has 0 amide bonds. The van der Waals surface area contributed by atoms with E-state index in [4.69, 9.17) is 5.73 Å². The van der Waals surface area contributed by atoms with E-state index in [2.05, 4.69) is 18.7 Å². The van der Waals surface area contributed by atoms with Crippen LogP contribution in [0.4, 0.5) is 0 Å². The minimum atomic E-state index is 0.427. The summed E-state index contributed by atoms with van der Waals surface area (Å²) >= 11 is 0. The fraction of sp³-hybridized carbons (Fsp3) is 1.00. The van der Waals surface area contributed by atoms with Crippen LogP contribution in [-0.4, -0.2) is 30.1 Å². The first-order valence-electron chi connectivity index (χ1n) is 5.66. The molecule has 13 heavy (non-hydrogen) atoms. The number of likely N-dealkylation sites (tertiary alicyclic amines) is 1. The van der Waals surface area contributed by atoms with Gasteiger partial charge in [-0.3, -0.25) is 4.90 Å². The lowest BCUT2D eigenvalue weighted by Crippen LogP contribution is -2.34. The lowest BCUT2D eigenvalue weighted by Gasteiger charge is -2.23. The van der Waals surface area contributed by atoms with Crippen molar-refractivity contribution in [1.29, 1.82) is 0 Å². The van der Waals surface area contributed by atoms with Crippen LogP contribution in [0.25, 0.3) is 0 Å². The van der Waals surface area contributed by atoms with Gasteiger partial charge < -0.3 is 5.73 Å². The summed E-state index contributed by atoms with van der Waals surface area (Å²) in [5, 5.41) is 0. The maximum absolute atomic E-state index is 6.03. The molecule has 2 aliphatic rings. The van der Waals surface area contributed by atoms with Gasteiger partial charge in [-0.05, 0) is 31.1 Å². The summed E-state index contributed by atoms with van der Waals surface area (Å²) in [4.78, 5) is 2.62. The van der Waals surface area contributed by atoms with Crippen LogP contribution in [0.2, 0.25) is 0 Å². The Bertz CT molecular complexity index is 171. The smallest absolute Gasteiger partial charge is 0.0206 e. The molecule has 2 nitrogen and oxygen atoms in total. The van der Waals surface area contributed by atoms with Crippen molar-refractivity contribution in [3.63, 3.8) is 0 Å². The Morgan fingerprint density at radius 3 is 2.38 bits per heavy atom. The van der Waals surface area contributed by atoms with E-state index in [1.54, 1.807) is 0 Å². The summed E-state index contributed by atoms with van der Waals surface area (Å²) in [6.45, 7) is 7.03. The molecule has 0 aromatic rings. The third-order valence-corrected chi connectivity index (χ3v) is 3.88. The van der Waals surface area contributed by atoms with Crippen LogP contribution >= 0.6 is 0 Å². The van der Waals surface area contributed by atoms with Crippen molar-refractivity contribution >= 4 is 0 Å². The highest BCUT2D eigenvalue weighted by Crippen LogP contribution is 2.31. The summed E-state index contributed by atoms with van der Waals surface area (Å²) in [6.07, 6.45) is 4.23. The summed E-state index contributed by atoms with van der Waals surface area (Å²) in [5.74, 6) is 1.65. The van der Waals surface area contributed by atoms with Gasteiger partial charge in [-0.2, -0.15) is 0 Å². The van der Waals surface area contributed by atoms with Gasteiger partial charge in [0.1, 0.15) is 0 Å². The highest BCUT2D eigenvalue weighted by Gasteiger charge is 2.34. The van der Waals surface area contributed by atoms with Gasteiger partial charge in [0.2, 0.25) is 0 Å². The van der Waals surface area contributed by atoms with E-state index in [-0.39, 0.29) is 0 Å². The third kappa shape index (κ3) is 1.89. The van der Waals surface area contributed by atoms with Gasteiger partial charge in [-0.1, -0.05) is 13.8 Å². The molecule has 76 valence electrons. The summed E-state index contributed by atoms with van der Waals surface area (Å²) in [6, 6.07) is 1.28. The minimum absolute atomic E-state index is 0.427. The lowest BCUT2D eigenvalue weighted by atomic mass is 10.1. The zero-order valence-electron chi connectivity index (χ0n) is 8.87. The predicted octanol–water partition coefficient (Wildman–Crippen LogP) is 1.45. The fourth-order valence-electron chi connectivity index (χ4n) is 2.84. The molecular formula is C11H22N2. The largest absolute Gasteiger partial charge is 0.326 e. The second-order valence-corrected chi connectivity index (χ2v) is 5.17. The number of rotatable bonds is 1. The summed E-state index contributed by atoms with van der Waals surface area (Å²) in [5.41, 5.74) is 6.03. The van der Waals surface area contributed by atoms with Crippen LogP contribution < -0.4 is 5.73 Å². The van der Waals surface area contributed by atoms with E-state index in [1.807, 2.05) is 0 Å². The van der Waals surface area contributed by atoms with Crippen LogP contribution in [0, 0.1) is 11.8 Å². The molecule has 0 bridgehead atoms. The SMILES string of the molecule is CC1CCC(N2CC(C)C(N)C2)C1. The second-order valence-electron chi connectivity index (χ2n) is 5.17. The molecule has 0 aromatic carbocycles. The minimum Gasteiger partial charge on any atom is -0.326 e. The fourth-order valence-corrected chi connectivity index (χ4v) is 2.84. The van der Waals surface area contributed by atoms with Crippen LogP contribution in [0.15, 0.2) is 0 Å². The van der Waals surface area contributed by atoms with E-state index >= 15 is 0 Å². The van der Waals surface area contributed by atoms with Crippen LogP contribution in [0.1, 0.15) is 33.1 Å². The Balaban J connectivity index is 1.89. The quantitative estimate of drug-likeness (QED) is 0.665. The zero-order valence-corrected chi connectivity index (χ0v) is 8.87. The molecule has 1 saturated heterocycles. The van der Waals surface area contributed by atoms with Crippen molar-refractivity contribution in [1.82, 2.24) is 4.90 Å². The maximum Gasteiger partial charge on any atom is 0.0206 e. The Hall–Kier alpha value is -0.0800. The molecule has 4 atom stereocenters. The zero-order chi connectivity index (χ0) is 9.42. The van der Waals surface area contributed by atoms with Crippen molar-refractivity contribution in [2.45, 2.75) is 45.2 Å². The number of hydrogen-bond acceptors (Lipinski definition) is 2. The van der Waals surface area contributed by atoms with Gasteiger partial charge in [0.25, 0.3) is 0 Å². The normalized spacial score (nSPS) is 47.3. The molecular weight excluding hydrogens is 160 g/mol. The highest BCUT2D eigenvalue weighted by atomic mass is 15.2. The average molecular weight is 182 g/mol. The Labute approximate surface area is 81.5 Å². The third-order valence-electron chi connectivity index (χ3n) is 3.88. The van der Waals surface area contributed by atoms with Gasteiger partial charge in [0.15, 0.2) is 0 Å². The maximum atomic E-state index is 6.03. The Morgan fingerprint density at radius 1 is 1.15 bits per heavy atom. The van der Waals surface area contributed by atoms with E-state index in [1.165, 1.54) is 25.8 Å². The molecule has 0 spiro atoms. The van der Waals surface area contributed by atoms with E-state index in [0.717, 1.165) is 18.5 Å². The molecule has 1 heterocycles. The number of nitrogens with two attached hydrogens (primary N) is 1. The molecule has 2 fully saturated rings. The predicted molar refractivity (Wildman–Crippen MR) is 55.5 cm³/mol. The van der Waals surface area contributed by atoms with E-state index in [0.29, 0.717) is 12.0 Å². The first-order valence-corrected chi connectivity index (χ1v) is 5.66. The molecule has 2 rings (SSSR count). The molecule has 1 aliphatic heterocycles. The second kappa shape index (κ2) is 3.58. The first-order chi connectivity index (χ1) is 6.16. The molecule has 4 unspecified atom stereocenters. The average Bonchev–Trinajstić information content (AvgIpc) is 2.61. The van der Waals surface area contributed by atoms with Crippen LogP contribution in [0.3, 0.4) is 0 Å². The Morgan fingerprint density at radius 2 is 1.92 bits per heavy atom. The van der Waals surface area contributed by atoms with Gasteiger partial charge >= 0.3 is 0 Å². The van der Waals surface area contributed by atoms with E-state index in [9.17, 15) is 0 Å². The van der Waals surface area contributed by atoms with Crippen molar-refractivity contribution in [3.8, 4) is 0 Å². The molecule has 1 saturated carbocycles. The Kier molecular flexibility index (Phi) is 2.61. The lowest BCUT2D eigenvalue weighted by molar-refractivity contribution is 0.234. The molecule has 2 heteroatoms. The highest BCUT2D eigenvalue weighted by molar-refractivity contribution is 4.90. The molecule has 1 aliphatic carbocycles. The number of nitrogens with zero attached hydrogens (tertiary/aromatic N) is 1. The number of hydrogen-bond donors (Lipinski definition) is 1. The van der Waals surface area contributed by atoms with Crippen molar-refractivity contribution in [3.05, 3.63) is 0 Å². The van der Waals surface area contributed by atoms with Crippen molar-refractivity contribution in [2.75, 3.05) is 13.1 Å². The van der Waals surface area contributed by atoms with Crippen LogP contribution in [0.5, 0.6) is 0 Å². The standard InChI is InChI=1S/C11H22N2/c1-8-3-4-10(5-8)13-6-9(2)11(12)7-13/h8-11H,3-7,12H2,1-2H3. The topological polar surface area (TPSA) is 29.3 Å². The molecule has 2 N–H and O–H groups in total. The van der Waals surface area contributed by atoms with Crippen molar-refractivity contribution < 1.29 is 0 Å². The summed E-state index contributed by atoms with van der Waals surface area (Å²) in [7, 11) is 0. The van der Waals surface area contributed by atoms with Crippen molar-refractivity contribution in [2.24, 2.45) is 17.6 Å². The van der Waals surface area contributed by atoms with Gasteiger partial charge in [0.05, 0.1) is 0 Å². The van der Waals surface area contributed by atoms with E-state index < -0.39 is 0 Å².